The van der Waals surface area contributed by atoms with Crippen molar-refractivity contribution >= 4 is 22.6 Å². The van der Waals surface area contributed by atoms with Gasteiger partial charge in [-0.15, -0.1) is 0 Å². The molecule has 1 heterocycles. The van der Waals surface area contributed by atoms with Crippen LogP contribution >= 0.6 is 22.6 Å². The third kappa shape index (κ3) is 2.10. The van der Waals surface area contributed by atoms with Gasteiger partial charge in [0.25, 0.3) is 6.43 Å². The summed E-state index contributed by atoms with van der Waals surface area (Å²) in [7, 11) is 0. The first-order valence-corrected chi connectivity index (χ1v) is 4.35. The van der Waals surface area contributed by atoms with Gasteiger partial charge in [0, 0.05) is 21.9 Å². The Morgan fingerprint density at radius 3 is 2.75 bits per heavy atom. The zero-order valence-electron chi connectivity index (χ0n) is 6.10. The largest absolute Gasteiger partial charge is 0.325 e. The SMILES string of the molecule is NCc1ncc(I)cc1C(F)F. The monoisotopic (exact) mass is 284 g/mol. The molecule has 1 aromatic rings. The van der Waals surface area contributed by atoms with Crippen molar-refractivity contribution in [1.29, 1.82) is 0 Å². The summed E-state index contributed by atoms with van der Waals surface area (Å²) in [4.78, 5) is 3.81. The second kappa shape index (κ2) is 4.08. The van der Waals surface area contributed by atoms with Crippen LogP contribution in [0.5, 0.6) is 0 Å². The molecule has 12 heavy (non-hydrogen) atoms. The Kier molecular flexibility index (Phi) is 3.33. The van der Waals surface area contributed by atoms with Crippen molar-refractivity contribution in [2.45, 2.75) is 13.0 Å². The lowest BCUT2D eigenvalue weighted by Crippen LogP contribution is -2.05. The van der Waals surface area contributed by atoms with Crippen molar-refractivity contribution in [3.8, 4) is 0 Å². The number of hydrogen-bond acceptors (Lipinski definition) is 2. The number of hydrogen-bond donors (Lipinski definition) is 1. The van der Waals surface area contributed by atoms with Crippen LogP contribution in [0.3, 0.4) is 0 Å². The molecule has 0 radical (unpaired) electrons. The summed E-state index contributed by atoms with van der Waals surface area (Å²) < 4.78 is 25.3. The fourth-order valence-electron chi connectivity index (χ4n) is 0.843. The molecule has 5 heteroatoms. The normalized spacial score (nSPS) is 10.8. The fourth-order valence-corrected chi connectivity index (χ4v) is 1.32. The van der Waals surface area contributed by atoms with E-state index < -0.39 is 6.43 Å². The fraction of sp³-hybridized carbons (Fsp3) is 0.286. The van der Waals surface area contributed by atoms with E-state index in [2.05, 4.69) is 4.98 Å². The molecule has 2 N–H and O–H groups in total. The lowest BCUT2D eigenvalue weighted by atomic mass is 10.2. The summed E-state index contributed by atoms with van der Waals surface area (Å²) in [5, 5.41) is 0. The third-order valence-electron chi connectivity index (χ3n) is 1.40. The highest BCUT2D eigenvalue weighted by molar-refractivity contribution is 14.1. The zero-order chi connectivity index (χ0) is 9.14. The first-order chi connectivity index (χ1) is 5.65. The van der Waals surface area contributed by atoms with Crippen LogP contribution in [-0.2, 0) is 6.54 Å². The van der Waals surface area contributed by atoms with Gasteiger partial charge in [0.05, 0.1) is 5.69 Å². The second-order valence-corrected chi connectivity index (χ2v) is 3.44. The van der Waals surface area contributed by atoms with E-state index in [1.807, 2.05) is 22.6 Å². The van der Waals surface area contributed by atoms with Crippen LogP contribution in [0, 0.1) is 3.57 Å². The maximum absolute atomic E-state index is 12.3. The van der Waals surface area contributed by atoms with Gasteiger partial charge in [-0.25, -0.2) is 8.78 Å². The topological polar surface area (TPSA) is 38.9 Å². The zero-order valence-corrected chi connectivity index (χ0v) is 8.26. The summed E-state index contributed by atoms with van der Waals surface area (Å²) >= 11 is 1.94. The van der Waals surface area contributed by atoms with E-state index in [1.54, 1.807) is 0 Å². The summed E-state index contributed by atoms with van der Waals surface area (Å²) in [6.07, 6.45) is -0.972. The number of aromatic nitrogens is 1. The summed E-state index contributed by atoms with van der Waals surface area (Å²) in [5.41, 5.74) is 5.44. The van der Waals surface area contributed by atoms with Gasteiger partial charge < -0.3 is 5.73 Å². The quantitative estimate of drug-likeness (QED) is 0.844. The van der Waals surface area contributed by atoms with E-state index in [1.165, 1.54) is 12.3 Å². The molecule has 66 valence electrons. The van der Waals surface area contributed by atoms with E-state index in [0.717, 1.165) is 0 Å². The Morgan fingerprint density at radius 2 is 2.25 bits per heavy atom. The number of nitrogens with zero attached hydrogens (tertiary/aromatic N) is 1. The molecular formula is C7H7F2IN2. The van der Waals surface area contributed by atoms with E-state index in [0.29, 0.717) is 3.57 Å². The van der Waals surface area contributed by atoms with Gasteiger partial charge in [0.15, 0.2) is 0 Å². The molecule has 0 bridgehead atoms. The molecule has 0 unspecified atom stereocenters. The summed E-state index contributed by atoms with van der Waals surface area (Å²) in [6, 6.07) is 1.40. The van der Waals surface area contributed by atoms with Gasteiger partial charge >= 0.3 is 0 Å². The molecule has 2 nitrogen and oxygen atoms in total. The van der Waals surface area contributed by atoms with E-state index >= 15 is 0 Å². The average Bonchev–Trinajstić information content (AvgIpc) is 2.04. The molecular weight excluding hydrogens is 277 g/mol. The van der Waals surface area contributed by atoms with Gasteiger partial charge in [-0.3, -0.25) is 4.98 Å². The van der Waals surface area contributed by atoms with Crippen molar-refractivity contribution in [3.63, 3.8) is 0 Å². The Labute approximate surface area is 82.3 Å². The minimum atomic E-state index is -2.49. The van der Waals surface area contributed by atoms with Crippen molar-refractivity contribution in [2.75, 3.05) is 0 Å². The summed E-state index contributed by atoms with van der Waals surface area (Å²) in [5.74, 6) is 0. The van der Waals surface area contributed by atoms with Gasteiger partial charge in [-0.05, 0) is 28.7 Å². The molecule has 0 saturated carbocycles. The van der Waals surface area contributed by atoms with Crippen molar-refractivity contribution < 1.29 is 8.78 Å². The van der Waals surface area contributed by atoms with Crippen LogP contribution in [-0.4, -0.2) is 4.98 Å². The smallest absolute Gasteiger partial charge is 0.265 e. The van der Waals surface area contributed by atoms with Crippen LogP contribution < -0.4 is 5.73 Å². The van der Waals surface area contributed by atoms with Crippen LogP contribution in [0.2, 0.25) is 0 Å². The molecule has 0 fully saturated rings. The number of alkyl halides is 2. The third-order valence-corrected chi connectivity index (χ3v) is 1.99. The molecule has 1 rings (SSSR count). The Balaban J connectivity index is 3.12. The minimum Gasteiger partial charge on any atom is -0.325 e. The van der Waals surface area contributed by atoms with Gasteiger partial charge in [-0.1, -0.05) is 0 Å². The van der Waals surface area contributed by atoms with Crippen LogP contribution in [0.1, 0.15) is 17.7 Å². The van der Waals surface area contributed by atoms with Crippen LogP contribution in [0.15, 0.2) is 12.3 Å². The molecule has 0 aliphatic heterocycles. The highest BCUT2D eigenvalue weighted by atomic mass is 127. The maximum atomic E-state index is 12.3. The standard InChI is InChI=1S/C7H7F2IN2/c8-7(9)5-1-4(10)3-12-6(5)2-11/h1,3,7H,2,11H2. The second-order valence-electron chi connectivity index (χ2n) is 2.19. The van der Waals surface area contributed by atoms with Crippen LogP contribution in [0.4, 0.5) is 8.78 Å². The molecule has 0 saturated heterocycles. The Morgan fingerprint density at radius 1 is 1.58 bits per heavy atom. The van der Waals surface area contributed by atoms with E-state index in [9.17, 15) is 8.78 Å². The predicted octanol–water partition coefficient (Wildman–Crippen LogP) is 2.08. The Bertz CT molecular complexity index is 278. The molecule has 0 atom stereocenters. The molecule has 1 aromatic heterocycles. The summed E-state index contributed by atoms with van der Waals surface area (Å²) in [6.45, 7) is 0.0522. The first-order valence-electron chi connectivity index (χ1n) is 3.27. The van der Waals surface area contributed by atoms with Gasteiger partial charge in [0.2, 0.25) is 0 Å². The molecule has 0 amide bonds. The molecule has 0 aromatic carbocycles. The first kappa shape index (κ1) is 9.79. The molecule has 0 spiro atoms. The average molecular weight is 284 g/mol. The number of nitrogens with two attached hydrogens (primary N) is 1. The minimum absolute atomic E-state index is 0.0522. The maximum Gasteiger partial charge on any atom is 0.265 e. The van der Waals surface area contributed by atoms with E-state index in [4.69, 9.17) is 5.73 Å². The van der Waals surface area contributed by atoms with Gasteiger partial charge in [-0.2, -0.15) is 0 Å². The highest BCUT2D eigenvalue weighted by Crippen LogP contribution is 2.22. The molecule has 0 aliphatic carbocycles. The Hall–Kier alpha value is -0.300. The number of pyridine rings is 1. The van der Waals surface area contributed by atoms with Crippen molar-refractivity contribution in [3.05, 3.63) is 27.1 Å². The molecule has 0 aliphatic rings. The number of rotatable bonds is 2. The van der Waals surface area contributed by atoms with E-state index in [-0.39, 0.29) is 17.8 Å². The van der Waals surface area contributed by atoms with Crippen LogP contribution in [0.25, 0.3) is 0 Å². The number of halogens is 3. The lowest BCUT2D eigenvalue weighted by molar-refractivity contribution is 0.149. The van der Waals surface area contributed by atoms with Crippen molar-refractivity contribution in [1.82, 2.24) is 4.98 Å². The lowest BCUT2D eigenvalue weighted by Gasteiger charge is -2.05. The van der Waals surface area contributed by atoms with Gasteiger partial charge in [0.1, 0.15) is 0 Å². The highest BCUT2D eigenvalue weighted by Gasteiger charge is 2.13. The van der Waals surface area contributed by atoms with Crippen molar-refractivity contribution in [2.24, 2.45) is 5.73 Å². The predicted molar refractivity (Wildman–Crippen MR) is 49.8 cm³/mol.